The molecule has 2 atom stereocenters. The van der Waals surface area contributed by atoms with Gasteiger partial charge < -0.3 is 10.6 Å². The lowest BCUT2D eigenvalue weighted by Gasteiger charge is -2.14. The Balaban J connectivity index is 1.50. The maximum Gasteiger partial charge on any atom is 0.325 e. The summed E-state index contributed by atoms with van der Waals surface area (Å²) in [6.45, 7) is -0.0505. The molecule has 8 nitrogen and oxygen atoms in total. The van der Waals surface area contributed by atoms with Gasteiger partial charge in [-0.15, -0.1) is 0 Å². The number of imide groups is 1. The molecule has 0 aliphatic carbocycles. The third-order valence-corrected chi connectivity index (χ3v) is 6.36. The van der Waals surface area contributed by atoms with E-state index >= 15 is 0 Å². The van der Waals surface area contributed by atoms with Crippen LogP contribution in [0.1, 0.15) is 24.8 Å². The quantitative estimate of drug-likeness (QED) is 0.672. The van der Waals surface area contributed by atoms with Crippen LogP contribution in [0.5, 0.6) is 0 Å². The summed E-state index contributed by atoms with van der Waals surface area (Å²) in [5, 5.41) is 5.16. The molecule has 2 N–H and O–H groups in total. The minimum Gasteiger partial charge on any atom is -0.352 e. The van der Waals surface area contributed by atoms with Gasteiger partial charge in [-0.25, -0.2) is 17.6 Å². The number of nitrogens with one attached hydrogen (secondary N) is 2. The van der Waals surface area contributed by atoms with Crippen LogP contribution in [-0.4, -0.2) is 54.8 Å². The fourth-order valence-corrected chi connectivity index (χ4v) is 4.90. The minimum atomic E-state index is -3.09. The van der Waals surface area contributed by atoms with Crippen LogP contribution in [-0.2, 0) is 26.0 Å². The monoisotopic (exact) mass is 397 g/mol. The molecule has 2 aliphatic heterocycles. The Kier molecular flexibility index (Phi) is 5.45. The van der Waals surface area contributed by atoms with Gasteiger partial charge in [0.05, 0.1) is 18.1 Å². The summed E-state index contributed by atoms with van der Waals surface area (Å²) >= 11 is 0. The summed E-state index contributed by atoms with van der Waals surface area (Å²) < 4.78 is 36.1. The Morgan fingerprint density at radius 1 is 1.33 bits per heavy atom. The molecule has 0 spiro atoms. The minimum absolute atomic E-state index is 0.0129. The molecule has 2 heterocycles. The zero-order chi connectivity index (χ0) is 19.6. The average molecular weight is 397 g/mol. The van der Waals surface area contributed by atoms with Crippen molar-refractivity contribution >= 4 is 27.7 Å². The van der Waals surface area contributed by atoms with E-state index in [2.05, 4.69) is 10.6 Å². The van der Waals surface area contributed by atoms with Crippen LogP contribution in [0.4, 0.5) is 9.18 Å². The molecule has 1 aromatic rings. The van der Waals surface area contributed by atoms with E-state index in [1.165, 1.54) is 18.2 Å². The SMILES string of the molecule is O=C(CC[C@H]1NC(=O)N(Cc2cccc(F)c2)C1=O)N[C@@H]1CCS(=O)(=O)C1. The molecule has 27 heavy (non-hydrogen) atoms. The van der Waals surface area contributed by atoms with Gasteiger partial charge in [-0.1, -0.05) is 12.1 Å². The number of carbonyl (C=O) groups is 3. The van der Waals surface area contributed by atoms with Crippen molar-refractivity contribution in [1.82, 2.24) is 15.5 Å². The van der Waals surface area contributed by atoms with Gasteiger partial charge in [0.2, 0.25) is 5.91 Å². The third kappa shape index (κ3) is 4.82. The highest BCUT2D eigenvalue weighted by atomic mass is 32.2. The highest BCUT2D eigenvalue weighted by Gasteiger charge is 2.38. The molecule has 2 aliphatic rings. The Bertz CT molecular complexity index is 873. The molecule has 0 aromatic heterocycles. The van der Waals surface area contributed by atoms with Gasteiger partial charge in [0.1, 0.15) is 11.9 Å². The fourth-order valence-electron chi connectivity index (χ4n) is 3.22. The molecule has 0 unspecified atom stereocenters. The van der Waals surface area contributed by atoms with E-state index in [0.717, 1.165) is 4.90 Å². The zero-order valence-electron chi connectivity index (χ0n) is 14.5. The summed E-state index contributed by atoms with van der Waals surface area (Å²) in [5.41, 5.74) is 0.485. The van der Waals surface area contributed by atoms with Crippen molar-refractivity contribution in [3.63, 3.8) is 0 Å². The Morgan fingerprint density at radius 3 is 2.78 bits per heavy atom. The van der Waals surface area contributed by atoms with E-state index in [1.54, 1.807) is 6.07 Å². The second-order valence-corrected chi connectivity index (χ2v) is 8.99. The first-order valence-corrected chi connectivity index (χ1v) is 10.4. The fraction of sp³-hybridized carbons (Fsp3) is 0.471. The number of amides is 4. The normalized spacial score (nSPS) is 24.1. The topological polar surface area (TPSA) is 113 Å². The molecule has 0 radical (unpaired) electrons. The van der Waals surface area contributed by atoms with Crippen LogP contribution in [0.25, 0.3) is 0 Å². The summed E-state index contributed by atoms with van der Waals surface area (Å²) in [6, 6.07) is 3.80. The first kappa shape index (κ1) is 19.3. The van der Waals surface area contributed by atoms with Crippen LogP contribution in [0.3, 0.4) is 0 Å². The van der Waals surface area contributed by atoms with Crippen molar-refractivity contribution in [2.75, 3.05) is 11.5 Å². The molecule has 2 saturated heterocycles. The molecule has 0 saturated carbocycles. The van der Waals surface area contributed by atoms with E-state index in [9.17, 15) is 27.2 Å². The maximum atomic E-state index is 13.3. The molecule has 3 rings (SSSR count). The van der Waals surface area contributed by atoms with Gasteiger partial charge in [0, 0.05) is 12.5 Å². The van der Waals surface area contributed by atoms with Gasteiger partial charge >= 0.3 is 6.03 Å². The first-order valence-electron chi connectivity index (χ1n) is 8.59. The zero-order valence-corrected chi connectivity index (χ0v) is 15.3. The molecule has 4 amide bonds. The molecular weight excluding hydrogens is 377 g/mol. The number of benzene rings is 1. The van der Waals surface area contributed by atoms with E-state index < -0.39 is 39.7 Å². The first-order chi connectivity index (χ1) is 12.7. The van der Waals surface area contributed by atoms with Gasteiger partial charge in [-0.2, -0.15) is 0 Å². The second-order valence-electron chi connectivity index (χ2n) is 6.76. The average Bonchev–Trinajstić information content (AvgIpc) is 3.06. The van der Waals surface area contributed by atoms with E-state index in [4.69, 9.17) is 0 Å². The number of rotatable bonds is 6. The smallest absolute Gasteiger partial charge is 0.325 e. The van der Waals surface area contributed by atoms with Gasteiger partial charge in [-0.05, 0) is 30.5 Å². The number of sulfone groups is 1. The predicted molar refractivity (Wildman–Crippen MR) is 93.7 cm³/mol. The standard InChI is InChI=1S/C17H20FN3O5S/c18-12-3-1-2-11(8-12)9-21-16(23)14(20-17(21)24)4-5-15(22)19-13-6-7-27(25,26)10-13/h1-3,8,13-14H,4-7,9-10H2,(H,19,22)(H,20,24)/t13-,14-/m1/s1. The van der Waals surface area contributed by atoms with Crippen LogP contribution in [0.2, 0.25) is 0 Å². The van der Waals surface area contributed by atoms with Crippen LogP contribution >= 0.6 is 0 Å². The summed E-state index contributed by atoms with van der Waals surface area (Å²) in [4.78, 5) is 37.4. The summed E-state index contributed by atoms with van der Waals surface area (Å²) in [6.07, 6.45) is 0.477. The predicted octanol–water partition coefficient (Wildman–Crippen LogP) is 0.330. The van der Waals surface area contributed by atoms with Crippen molar-refractivity contribution < 1.29 is 27.2 Å². The summed E-state index contributed by atoms with van der Waals surface area (Å²) in [5.74, 6) is -1.30. The highest BCUT2D eigenvalue weighted by molar-refractivity contribution is 7.91. The number of halogens is 1. The molecule has 10 heteroatoms. The van der Waals surface area contributed by atoms with Crippen molar-refractivity contribution in [2.45, 2.75) is 37.9 Å². The Hall–Kier alpha value is -2.49. The molecule has 1 aromatic carbocycles. The molecule has 0 bridgehead atoms. The maximum absolute atomic E-state index is 13.3. The largest absolute Gasteiger partial charge is 0.352 e. The van der Waals surface area contributed by atoms with Gasteiger partial charge in [0.15, 0.2) is 9.84 Å². The number of hydrogen-bond donors (Lipinski definition) is 2. The van der Waals surface area contributed by atoms with E-state index in [-0.39, 0.29) is 36.8 Å². The van der Waals surface area contributed by atoms with Crippen molar-refractivity contribution in [2.24, 2.45) is 0 Å². The van der Waals surface area contributed by atoms with Gasteiger partial charge in [-0.3, -0.25) is 14.5 Å². The van der Waals surface area contributed by atoms with Crippen molar-refractivity contribution in [3.05, 3.63) is 35.6 Å². The number of hydrogen-bond acceptors (Lipinski definition) is 5. The van der Waals surface area contributed by atoms with Gasteiger partial charge in [0.25, 0.3) is 5.91 Å². The van der Waals surface area contributed by atoms with Crippen molar-refractivity contribution in [3.8, 4) is 0 Å². The number of carbonyl (C=O) groups excluding carboxylic acids is 3. The molecular formula is C17H20FN3O5S. The second kappa shape index (κ2) is 7.63. The number of nitrogens with zero attached hydrogens (tertiary/aromatic N) is 1. The Morgan fingerprint density at radius 2 is 2.11 bits per heavy atom. The molecule has 146 valence electrons. The van der Waals surface area contributed by atoms with Crippen LogP contribution in [0.15, 0.2) is 24.3 Å². The van der Waals surface area contributed by atoms with E-state index in [0.29, 0.717) is 12.0 Å². The third-order valence-electron chi connectivity index (χ3n) is 4.59. The number of urea groups is 1. The van der Waals surface area contributed by atoms with Crippen molar-refractivity contribution in [1.29, 1.82) is 0 Å². The Labute approximate surface area is 156 Å². The van der Waals surface area contributed by atoms with Crippen LogP contribution < -0.4 is 10.6 Å². The lowest BCUT2D eigenvalue weighted by molar-refractivity contribution is -0.128. The lowest BCUT2D eigenvalue weighted by atomic mass is 10.1. The van der Waals surface area contributed by atoms with Crippen LogP contribution in [0, 0.1) is 5.82 Å². The molecule has 2 fully saturated rings. The summed E-state index contributed by atoms with van der Waals surface area (Å²) in [7, 11) is -3.09. The van der Waals surface area contributed by atoms with E-state index in [1.807, 2.05) is 0 Å². The lowest BCUT2D eigenvalue weighted by Crippen LogP contribution is -2.37. The highest BCUT2D eigenvalue weighted by Crippen LogP contribution is 2.16.